The highest BCUT2D eigenvalue weighted by molar-refractivity contribution is 8.26. The first kappa shape index (κ1) is 20.5. The lowest BCUT2D eigenvalue weighted by Gasteiger charge is -2.15. The lowest BCUT2D eigenvalue weighted by molar-refractivity contribution is -0.137. The Hall–Kier alpha value is -2.21. The zero-order chi connectivity index (χ0) is 20.5. The number of nitrogens with zero attached hydrogens (tertiary/aromatic N) is 1. The molecular formula is C17H11F3N2O3S3. The number of alkyl halides is 3. The molecule has 0 saturated carbocycles. The third kappa shape index (κ3) is 4.43. The van der Waals surface area contributed by atoms with Gasteiger partial charge in [0.1, 0.15) is 0 Å². The van der Waals surface area contributed by atoms with Crippen LogP contribution in [0.1, 0.15) is 11.1 Å². The van der Waals surface area contributed by atoms with Crippen LogP contribution in [0.5, 0.6) is 0 Å². The van der Waals surface area contributed by atoms with Crippen molar-refractivity contribution in [2.75, 3.05) is 0 Å². The number of halogens is 3. The van der Waals surface area contributed by atoms with Crippen LogP contribution >= 0.6 is 24.0 Å². The first-order chi connectivity index (χ1) is 13.1. The van der Waals surface area contributed by atoms with Crippen LogP contribution in [-0.2, 0) is 21.0 Å². The molecule has 1 saturated heterocycles. The van der Waals surface area contributed by atoms with Crippen molar-refractivity contribution in [2.24, 2.45) is 0 Å². The minimum atomic E-state index is -4.46. The van der Waals surface area contributed by atoms with Gasteiger partial charge in [-0.25, -0.2) is 13.4 Å². The number of thiocarbonyl (C=S) groups is 1. The molecule has 11 heteroatoms. The molecule has 146 valence electrons. The minimum Gasteiger partial charge on any atom is -0.267 e. The van der Waals surface area contributed by atoms with Crippen LogP contribution in [-0.4, -0.2) is 23.7 Å². The van der Waals surface area contributed by atoms with Gasteiger partial charge in [0, 0.05) is 0 Å². The van der Waals surface area contributed by atoms with E-state index in [9.17, 15) is 26.4 Å². The highest BCUT2D eigenvalue weighted by atomic mass is 32.2. The van der Waals surface area contributed by atoms with Crippen LogP contribution in [0.2, 0.25) is 0 Å². The average molecular weight is 444 g/mol. The van der Waals surface area contributed by atoms with Crippen LogP contribution in [0.25, 0.3) is 6.08 Å². The zero-order valence-electron chi connectivity index (χ0n) is 13.8. The Balaban J connectivity index is 1.81. The van der Waals surface area contributed by atoms with Gasteiger partial charge in [-0.1, -0.05) is 54.3 Å². The van der Waals surface area contributed by atoms with Gasteiger partial charge in [0.15, 0.2) is 4.32 Å². The molecule has 3 rings (SSSR count). The second-order valence-corrected chi connectivity index (χ2v) is 8.88. The maximum atomic E-state index is 12.6. The van der Waals surface area contributed by atoms with E-state index in [1.165, 1.54) is 42.5 Å². The van der Waals surface area contributed by atoms with Crippen molar-refractivity contribution in [1.29, 1.82) is 0 Å². The van der Waals surface area contributed by atoms with Crippen molar-refractivity contribution >= 4 is 50.3 Å². The fourth-order valence-corrected chi connectivity index (χ4v) is 4.57. The van der Waals surface area contributed by atoms with Crippen LogP contribution in [0.4, 0.5) is 13.2 Å². The number of carbonyl (C=O) groups is 1. The third-order valence-corrected chi connectivity index (χ3v) is 6.21. The van der Waals surface area contributed by atoms with Gasteiger partial charge < -0.3 is 0 Å². The largest absolute Gasteiger partial charge is 0.416 e. The molecule has 0 spiro atoms. The smallest absolute Gasteiger partial charge is 0.267 e. The van der Waals surface area contributed by atoms with E-state index in [0.717, 1.165) is 28.9 Å². The van der Waals surface area contributed by atoms with Gasteiger partial charge in [-0.3, -0.25) is 4.79 Å². The molecular weight excluding hydrogens is 433 g/mol. The molecule has 1 N–H and O–H groups in total. The topological polar surface area (TPSA) is 66.5 Å². The zero-order valence-corrected chi connectivity index (χ0v) is 16.3. The molecule has 0 aliphatic carbocycles. The van der Waals surface area contributed by atoms with E-state index in [1.54, 1.807) is 6.07 Å². The van der Waals surface area contributed by atoms with Gasteiger partial charge in [-0.15, -0.1) is 4.83 Å². The normalized spacial score (nSPS) is 16.8. The Labute approximate surface area is 168 Å². The van der Waals surface area contributed by atoms with Crippen LogP contribution in [0.15, 0.2) is 64.4 Å². The van der Waals surface area contributed by atoms with E-state index >= 15 is 0 Å². The molecule has 2 aromatic rings. The lowest BCUT2D eigenvalue weighted by atomic mass is 10.1. The number of amides is 1. The Bertz CT molecular complexity index is 1050. The molecule has 1 fully saturated rings. The summed E-state index contributed by atoms with van der Waals surface area (Å²) in [5, 5.41) is 0.720. The molecule has 1 aliphatic heterocycles. The van der Waals surface area contributed by atoms with Crippen molar-refractivity contribution in [1.82, 2.24) is 9.84 Å². The second kappa shape index (κ2) is 7.66. The van der Waals surface area contributed by atoms with Crippen LogP contribution in [0, 0.1) is 0 Å². The van der Waals surface area contributed by atoms with Gasteiger partial charge in [0.25, 0.3) is 15.9 Å². The fourth-order valence-electron chi connectivity index (χ4n) is 2.24. The Morgan fingerprint density at radius 2 is 1.64 bits per heavy atom. The molecule has 5 nitrogen and oxygen atoms in total. The van der Waals surface area contributed by atoms with Gasteiger partial charge in [0.2, 0.25) is 0 Å². The molecule has 1 heterocycles. The summed E-state index contributed by atoms with van der Waals surface area (Å²) in [7, 11) is -4.03. The Morgan fingerprint density at radius 1 is 1.04 bits per heavy atom. The van der Waals surface area contributed by atoms with Gasteiger partial charge in [-0.05, 0) is 35.9 Å². The maximum absolute atomic E-state index is 12.6. The monoisotopic (exact) mass is 444 g/mol. The number of thioether (sulfide) groups is 1. The summed E-state index contributed by atoms with van der Waals surface area (Å²) in [6, 6.07) is 11.6. The Morgan fingerprint density at radius 3 is 2.21 bits per heavy atom. The van der Waals surface area contributed by atoms with Gasteiger partial charge in [0.05, 0.1) is 15.4 Å². The molecule has 0 radical (unpaired) electrons. The Kier molecular flexibility index (Phi) is 5.62. The first-order valence-electron chi connectivity index (χ1n) is 7.61. The summed E-state index contributed by atoms with van der Waals surface area (Å²) in [5.74, 6) is -0.714. The van der Waals surface area contributed by atoms with Crippen molar-refractivity contribution in [3.05, 3.63) is 70.6 Å². The molecule has 0 bridgehead atoms. The number of sulfonamides is 1. The highest BCUT2D eigenvalue weighted by Gasteiger charge is 2.35. The first-order valence-corrected chi connectivity index (χ1v) is 10.3. The summed E-state index contributed by atoms with van der Waals surface area (Å²) in [5.41, 5.74) is -0.466. The van der Waals surface area contributed by atoms with E-state index in [1.807, 2.05) is 0 Å². The number of rotatable bonds is 4. The van der Waals surface area contributed by atoms with E-state index in [2.05, 4.69) is 4.83 Å². The number of benzene rings is 2. The van der Waals surface area contributed by atoms with E-state index in [-0.39, 0.29) is 14.1 Å². The van der Waals surface area contributed by atoms with Crippen LogP contribution < -0.4 is 4.83 Å². The van der Waals surface area contributed by atoms with Gasteiger partial charge in [-0.2, -0.15) is 13.2 Å². The summed E-state index contributed by atoms with van der Waals surface area (Å²) in [6.07, 6.45) is -3.12. The van der Waals surface area contributed by atoms with Crippen molar-refractivity contribution in [2.45, 2.75) is 11.1 Å². The highest BCUT2D eigenvalue weighted by Crippen LogP contribution is 2.33. The quantitative estimate of drug-likeness (QED) is 0.574. The number of hydrogen-bond acceptors (Lipinski definition) is 5. The van der Waals surface area contributed by atoms with Crippen LogP contribution in [0.3, 0.4) is 0 Å². The molecule has 1 amide bonds. The molecule has 0 atom stereocenters. The predicted octanol–water partition coefficient (Wildman–Crippen LogP) is 3.80. The SMILES string of the molecule is O=C1/C(=C\c2ccc(C(F)(F)F)cc2)SC(=S)N1NS(=O)(=O)c1ccccc1. The summed E-state index contributed by atoms with van der Waals surface area (Å²) in [4.78, 5) is 14.7. The summed E-state index contributed by atoms with van der Waals surface area (Å²) < 4.78 is 62.6. The molecule has 1 aliphatic rings. The lowest BCUT2D eigenvalue weighted by Crippen LogP contribution is -2.44. The van der Waals surface area contributed by atoms with E-state index < -0.39 is 27.7 Å². The minimum absolute atomic E-state index is 0.0392. The maximum Gasteiger partial charge on any atom is 0.416 e. The average Bonchev–Trinajstić information content (AvgIpc) is 2.89. The standard InChI is InChI=1S/C17H11F3N2O3S3/c18-17(19,20)12-8-6-11(7-9-12)10-14-15(23)22(16(26)27-14)21-28(24,25)13-4-2-1-3-5-13/h1-10,21H/b14-10+. The van der Waals surface area contributed by atoms with Gasteiger partial charge >= 0.3 is 6.18 Å². The molecule has 0 aromatic heterocycles. The molecule has 0 unspecified atom stereocenters. The second-order valence-electron chi connectivity index (χ2n) is 5.54. The van der Waals surface area contributed by atoms with Crippen molar-refractivity contribution in [3.63, 3.8) is 0 Å². The number of carbonyl (C=O) groups excluding carboxylic acids is 1. The number of hydrazine groups is 1. The summed E-state index contributed by atoms with van der Waals surface area (Å²) in [6.45, 7) is 0. The third-order valence-electron chi connectivity index (χ3n) is 3.59. The molecule has 28 heavy (non-hydrogen) atoms. The predicted molar refractivity (Wildman–Crippen MR) is 103 cm³/mol. The molecule has 2 aromatic carbocycles. The number of nitrogens with one attached hydrogen (secondary N) is 1. The fraction of sp³-hybridized carbons (Fsp3) is 0.0588. The summed E-state index contributed by atoms with van der Waals surface area (Å²) >= 11 is 5.89. The van der Waals surface area contributed by atoms with Crippen molar-refractivity contribution < 1.29 is 26.4 Å². The van der Waals surface area contributed by atoms with Crippen molar-refractivity contribution in [3.8, 4) is 0 Å². The number of hydrogen-bond donors (Lipinski definition) is 1. The van der Waals surface area contributed by atoms with E-state index in [4.69, 9.17) is 12.2 Å². The van der Waals surface area contributed by atoms with E-state index in [0.29, 0.717) is 5.56 Å².